The number of aromatic carboxylic acids is 1. The number of carbonyl (C=O) groups is 2. The number of H-pyrrole nitrogens is 1. The van der Waals surface area contributed by atoms with Gasteiger partial charge in [0.2, 0.25) is 11.8 Å². The first-order valence-electron chi connectivity index (χ1n) is 4.99. The van der Waals surface area contributed by atoms with E-state index in [1.165, 1.54) is 18.2 Å². The Kier molecular flexibility index (Phi) is 3.34. The first kappa shape index (κ1) is 12.8. The molecule has 98 valence electrons. The number of hydrogen-bond donors (Lipinski definition) is 4. The maximum absolute atomic E-state index is 11.8. The molecule has 0 aliphatic carbocycles. The third kappa shape index (κ3) is 2.80. The highest BCUT2D eigenvalue weighted by molar-refractivity contribution is 6.31. The van der Waals surface area contributed by atoms with Crippen molar-refractivity contribution in [2.45, 2.75) is 0 Å². The third-order valence-corrected chi connectivity index (χ3v) is 2.41. The predicted molar refractivity (Wildman–Crippen MR) is 67.2 cm³/mol. The number of carboxylic acids is 1. The second-order valence-corrected chi connectivity index (χ2v) is 3.93. The van der Waals surface area contributed by atoms with Crippen molar-refractivity contribution in [3.05, 3.63) is 34.6 Å². The quantitative estimate of drug-likeness (QED) is 0.663. The molecule has 2 aromatic rings. The number of amides is 1. The molecule has 0 bridgehead atoms. The number of hydrogen-bond acceptors (Lipinski definition) is 5. The fourth-order valence-corrected chi connectivity index (χ4v) is 1.54. The fraction of sp³-hybridized carbons (Fsp3) is 0. The molecule has 0 fully saturated rings. The number of nitrogens with zero attached hydrogens (tertiary/aromatic N) is 2. The molecular formula is C10H8ClN5O3. The Morgan fingerprint density at radius 3 is 2.74 bits per heavy atom. The van der Waals surface area contributed by atoms with Crippen LogP contribution >= 0.6 is 11.6 Å². The van der Waals surface area contributed by atoms with Gasteiger partial charge in [0.1, 0.15) is 0 Å². The molecule has 0 radical (unpaired) electrons. The van der Waals surface area contributed by atoms with Crippen LogP contribution in [0, 0.1) is 0 Å². The second-order valence-electron chi connectivity index (χ2n) is 3.49. The van der Waals surface area contributed by atoms with Crippen LogP contribution in [0.15, 0.2) is 18.2 Å². The molecule has 1 aromatic heterocycles. The Balaban J connectivity index is 2.30. The molecule has 1 amide bonds. The van der Waals surface area contributed by atoms with E-state index in [2.05, 4.69) is 20.5 Å². The third-order valence-electron chi connectivity index (χ3n) is 2.18. The maximum Gasteiger partial charge on any atom is 0.337 e. The minimum Gasteiger partial charge on any atom is -0.478 e. The largest absolute Gasteiger partial charge is 0.478 e. The monoisotopic (exact) mass is 281 g/mol. The molecule has 0 atom stereocenters. The molecule has 19 heavy (non-hydrogen) atoms. The van der Waals surface area contributed by atoms with Gasteiger partial charge in [0, 0.05) is 5.02 Å². The number of nitrogens with one attached hydrogen (secondary N) is 2. The second kappa shape index (κ2) is 4.94. The van der Waals surface area contributed by atoms with Gasteiger partial charge in [0.25, 0.3) is 5.91 Å². The van der Waals surface area contributed by atoms with Gasteiger partial charge in [0.15, 0.2) is 0 Å². The van der Waals surface area contributed by atoms with Gasteiger partial charge in [0.05, 0.1) is 11.3 Å². The first-order valence-corrected chi connectivity index (χ1v) is 5.37. The summed E-state index contributed by atoms with van der Waals surface area (Å²) in [6.07, 6.45) is 0. The lowest BCUT2D eigenvalue weighted by Gasteiger charge is -2.07. The number of anilines is 2. The van der Waals surface area contributed by atoms with Gasteiger partial charge in [-0.1, -0.05) is 11.6 Å². The molecule has 1 aromatic carbocycles. The Morgan fingerprint density at radius 1 is 1.42 bits per heavy atom. The number of halogens is 1. The normalized spacial score (nSPS) is 10.2. The zero-order chi connectivity index (χ0) is 14.0. The summed E-state index contributed by atoms with van der Waals surface area (Å²) in [5.74, 6) is -2.08. The highest BCUT2D eigenvalue weighted by Crippen LogP contribution is 2.21. The van der Waals surface area contributed by atoms with Gasteiger partial charge in [-0.3, -0.25) is 9.89 Å². The Morgan fingerprint density at radius 2 is 2.16 bits per heavy atom. The van der Waals surface area contributed by atoms with E-state index >= 15 is 0 Å². The number of nitrogen functional groups attached to an aromatic ring is 1. The van der Waals surface area contributed by atoms with Crippen LogP contribution < -0.4 is 11.1 Å². The van der Waals surface area contributed by atoms with E-state index in [1.54, 1.807) is 0 Å². The number of rotatable bonds is 3. The molecule has 9 heteroatoms. The van der Waals surface area contributed by atoms with Crippen LogP contribution in [-0.4, -0.2) is 32.2 Å². The summed E-state index contributed by atoms with van der Waals surface area (Å²) in [6.45, 7) is 0. The topological polar surface area (TPSA) is 134 Å². The van der Waals surface area contributed by atoms with Crippen molar-refractivity contribution in [1.82, 2.24) is 15.2 Å². The van der Waals surface area contributed by atoms with Crippen molar-refractivity contribution in [2.24, 2.45) is 0 Å². The maximum atomic E-state index is 11.8. The molecule has 0 unspecified atom stereocenters. The smallest absolute Gasteiger partial charge is 0.337 e. The zero-order valence-corrected chi connectivity index (χ0v) is 10.1. The van der Waals surface area contributed by atoms with Crippen LogP contribution in [-0.2, 0) is 0 Å². The summed E-state index contributed by atoms with van der Waals surface area (Å²) in [4.78, 5) is 26.4. The summed E-state index contributed by atoms with van der Waals surface area (Å²) >= 11 is 5.76. The summed E-state index contributed by atoms with van der Waals surface area (Å²) in [6, 6.07) is 4.02. The lowest BCUT2D eigenvalue weighted by atomic mass is 10.2. The lowest BCUT2D eigenvalue weighted by molar-refractivity contribution is 0.0698. The number of aromatic amines is 1. The molecular weight excluding hydrogens is 274 g/mol. The zero-order valence-electron chi connectivity index (χ0n) is 9.35. The van der Waals surface area contributed by atoms with Crippen LogP contribution in [0.5, 0.6) is 0 Å². The molecule has 0 aliphatic rings. The van der Waals surface area contributed by atoms with E-state index < -0.39 is 11.9 Å². The summed E-state index contributed by atoms with van der Waals surface area (Å²) in [7, 11) is 0. The van der Waals surface area contributed by atoms with Crippen molar-refractivity contribution in [3.8, 4) is 0 Å². The van der Waals surface area contributed by atoms with Gasteiger partial charge in [-0.15, -0.1) is 5.10 Å². The molecule has 0 saturated carbocycles. The van der Waals surface area contributed by atoms with Crippen molar-refractivity contribution >= 4 is 35.1 Å². The number of nitrogens with two attached hydrogens (primary N) is 1. The molecule has 5 N–H and O–H groups in total. The molecule has 2 rings (SSSR count). The van der Waals surface area contributed by atoms with Crippen molar-refractivity contribution in [1.29, 1.82) is 0 Å². The van der Waals surface area contributed by atoms with Crippen LogP contribution in [0.25, 0.3) is 0 Å². The average Bonchev–Trinajstić information content (AvgIpc) is 2.75. The first-order chi connectivity index (χ1) is 8.97. The van der Waals surface area contributed by atoms with E-state index in [0.29, 0.717) is 0 Å². The van der Waals surface area contributed by atoms with Gasteiger partial charge in [-0.25, -0.2) is 4.79 Å². The van der Waals surface area contributed by atoms with E-state index in [1.807, 2.05) is 0 Å². The van der Waals surface area contributed by atoms with Crippen molar-refractivity contribution < 1.29 is 14.7 Å². The highest BCUT2D eigenvalue weighted by Gasteiger charge is 2.16. The van der Waals surface area contributed by atoms with Crippen LogP contribution in [0.3, 0.4) is 0 Å². The van der Waals surface area contributed by atoms with E-state index in [0.717, 1.165) is 0 Å². The number of benzene rings is 1. The van der Waals surface area contributed by atoms with Crippen LogP contribution in [0.1, 0.15) is 21.0 Å². The highest BCUT2D eigenvalue weighted by atomic mass is 35.5. The number of aromatic nitrogens is 3. The molecule has 0 saturated heterocycles. The molecule has 0 aliphatic heterocycles. The number of carbonyl (C=O) groups excluding carboxylic acids is 1. The lowest BCUT2D eigenvalue weighted by Crippen LogP contribution is -2.16. The summed E-state index contributed by atoms with van der Waals surface area (Å²) in [5, 5.41) is 17.5. The number of carboxylic acid groups (broad SMARTS) is 1. The van der Waals surface area contributed by atoms with E-state index in [9.17, 15) is 9.59 Å². The van der Waals surface area contributed by atoms with Gasteiger partial charge < -0.3 is 16.2 Å². The van der Waals surface area contributed by atoms with Gasteiger partial charge in [-0.2, -0.15) is 4.98 Å². The van der Waals surface area contributed by atoms with Crippen LogP contribution in [0.4, 0.5) is 11.6 Å². The summed E-state index contributed by atoms with van der Waals surface area (Å²) < 4.78 is 0. The Hall–Kier alpha value is -2.61. The van der Waals surface area contributed by atoms with Gasteiger partial charge >= 0.3 is 5.97 Å². The van der Waals surface area contributed by atoms with Crippen molar-refractivity contribution in [3.63, 3.8) is 0 Å². The minimum absolute atomic E-state index is 0.0555. The van der Waals surface area contributed by atoms with E-state index in [-0.39, 0.29) is 28.0 Å². The standard InChI is InChI=1S/C10H8ClN5O3/c11-4-1-2-5(9(18)19)6(3-4)13-8(17)7-14-10(12)16-15-7/h1-3H,(H,13,17)(H,18,19)(H3,12,14,15,16). The van der Waals surface area contributed by atoms with Crippen LogP contribution in [0.2, 0.25) is 5.02 Å². The van der Waals surface area contributed by atoms with Crippen molar-refractivity contribution in [2.75, 3.05) is 11.1 Å². The SMILES string of the molecule is Nc1n[nH]c(C(=O)Nc2cc(Cl)ccc2C(=O)O)n1. The predicted octanol–water partition coefficient (Wildman–Crippen LogP) is 0.991. The Bertz CT molecular complexity index is 654. The molecule has 0 spiro atoms. The van der Waals surface area contributed by atoms with E-state index in [4.69, 9.17) is 22.4 Å². The minimum atomic E-state index is -1.19. The average molecular weight is 282 g/mol. The Labute approximate surface area is 111 Å². The summed E-state index contributed by atoms with van der Waals surface area (Å²) in [5.41, 5.74) is 5.23. The fourth-order valence-electron chi connectivity index (χ4n) is 1.36. The molecule has 1 heterocycles. The van der Waals surface area contributed by atoms with Gasteiger partial charge in [-0.05, 0) is 18.2 Å². The molecule has 8 nitrogen and oxygen atoms in total.